The van der Waals surface area contributed by atoms with Crippen LogP contribution in [-0.2, 0) is 0 Å². The van der Waals surface area contributed by atoms with Gasteiger partial charge in [-0.2, -0.15) is 0 Å². The monoisotopic (exact) mass is 272 g/mol. The van der Waals surface area contributed by atoms with Gasteiger partial charge in [0.2, 0.25) is 0 Å². The Morgan fingerprint density at radius 1 is 1.29 bits per heavy atom. The summed E-state index contributed by atoms with van der Waals surface area (Å²) < 4.78 is 0.848. The van der Waals surface area contributed by atoms with Gasteiger partial charge < -0.3 is 11.1 Å². The van der Waals surface area contributed by atoms with Crippen LogP contribution >= 0.6 is 22.9 Å². The van der Waals surface area contributed by atoms with E-state index < -0.39 is 0 Å². The van der Waals surface area contributed by atoms with Gasteiger partial charge in [-0.25, -0.2) is 0 Å². The van der Waals surface area contributed by atoms with Gasteiger partial charge in [0.25, 0.3) is 0 Å². The highest BCUT2D eigenvalue weighted by atomic mass is 35.5. The van der Waals surface area contributed by atoms with Crippen LogP contribution in [0.1, 0.15) is 49.4 Å². The molecular formula is C13H21ClN2S. The van der Waals surface area contributed by atoms with E-state index in [1.165, 1.54) is 43.4 Å². The van der Waals surface area contributed by atoms with Crippen LogP contribution in [0.15, 0.2) is 12.1 Å². The van der Waals surface area contributed by atoms with E-state index in [1.54, 1.807) is 11.3 Å². The maximum Gasteiger partial charge on any atom is 0.0931 e. The molecule has 1 aromatic heterocycles. The first-order valence-corrected chi connectivity index (χ1v) is 7.70. The van der Waals surface area contributed by atoms with Gasteiger partial charge in [-0.05, 0) is 25.0 Å². The molecule has 3 N–H and O–H groups in total. The molecule has 17 heavy (non-hydrogen) atoms. The SMILES string of the molecule is NCC(NC1CCCCCC1)c1ccc(Cl)s1. The van der Waals surface area contributed by atoms with Crippen molar-refractivity contribution < 1.29 is 0 Å². The quantitative estimate of drug-likeness (QED) is 0.820. The van der Waals surface area contributed by atoms with Crippen molar-refractivity contribution in [1.29, 1.82) is 0 Å². The molecule has 1 aliphatic carbocycles. The second-order valence-electron chi connectivity index (χ2n) is 4.79. The standard InChI is InChI=1S/C13H21ClN2S/c14-13-8-7-12(17-13)11(9-15)16-10-5-3-1-2-4-6-10/h7-8,10-11,16H,1-6,9,15H2. The van der Waals surface area contributed by atoms with Gasteiger partial charge in [-0.1, -0.05) is 37.3 Å². The molecule has 1 aromatic rings. The Bertz CT molecular complexity index is 332. The van der Waals surface area contributed by atoms with E-state index in [0.717, 1.165) is 4.34 Å². The molecule has 0 aliphatic heterocycles. The Balaban J connectivity index is 1.94. The van der Waals surface area contributed by atoms with Crippen molar-refractivity contribution >= 4 is 22.9 Å². The fourth-order valence-electron chi connectivity index (χ4n) is 2.51. The van der Waals surface area contributed by atoms with E-state index in [1.807, 2.05) is 6.07 Å². The minimum absolute atomic E-state index is 0.274. The summed E-state index contributed by atoms with van der Waals surface area (Å²) in [4.78, 5) is 1.27. The van der Waals surface area contributed by atoms with Crippen LogP contribution in [-0.4, -0.2) is 12.6 Å². The summed E-state index contributed by atoms with van der Waals surface area (Å²) >= 11 is 7.62. The third-order valence-corrected chi connectivity index (χ3v) is 4.81. The molecule has 0 spiro atoms. The largest absolute Gasteiger partial charge is 0.329 e. The third kappa shape index (κ3) is 3.95. The van der Waals surface area contributed by atoms with Gasteiger partial charge in [-0.15, -0.1) is 11.3 Å². The first-order valence-electron chi connectivity index (χ1n) is 6.51. The van der Waals surface area contributed by atoms with Crippen LogP contribution < -0.4 is 11.1 Å². The van der Waals surface area contributed by atoms with Crippen LogP contribution in [0.2, 0.25) is 4.34 Å². The Hall–Kier alpha value is -0.0900. The average molecular weight is 273 g/mol. The molecule has 0 radical (unpaired) electrons. The number of hydrogen-bond acceptors (Lipinski definition) is 3. The first-order chi connectivity index (χ1) is 8.29. The predicted molar refractivity (Wildman–Crippen MR) is 75.8 cm³/mol. The van der Waals surface area contributed by atoms with Gasteiger partial charge in [0, 0.05) is 17.5 Å². The zero-order valence-electron chi connectivity index (χ0n) is 10.1. The molecule has 0 saturated heterocycles. The molecule has 2 nitrogen and oxygen atoms in total. The molecule has 1 heterocycles. The van der Waals surface area contributed by atoms with Crippen molar-refractivity contribution in [3.05, 3.63) is 21.3 Å². The summed E-state index contributed by atoms with van der Waals surface area (Å²) in [6.45, 7) is 0.646. The number of rotatable bonds is 4. The number of thiophene rings is 1. The molecular weight excluding hydrogens is 252 g/mol. The summed E-state index contributed by atoms with van der Waals surface area (Å²) in [5, 5.41) is 3.70. The molecule has 1 saturated carbocycles. The van der Waals surface area contributed by atoms with Gasteiger partial charge in [0.15, 0.2) is 0 Å². The first kappa shape index (κ1) is 13.3. The number of nitrogens with two attached hydrogens (primary N) is 1. The minimum atomic E-state index is 0.274. The van der Waals surface area contributed by atoms with E-state index in [9.17, 15) is 0 Å². The van der Waals surface area contributed by atoms with E-state index in [0.29, 0.717) is 12.6 Å². The van der Waals surface area contributed by atoms with Crippen molar-refractivity contribution in [2.45, 2.75) is 50.6 Å². The highest BCUT2D eigenvalue weighted by molar-refractivity contribution is 7.16. The lowest BCUT2D eigenvalue weighted by molar-refractivity contribution is 0.405. The maximum absolute atomic E-state index is 5.98. The van der Waals surface area contributed by atoms with Crippen molar-refractivity contribution in [3.8, 4) is 0 Å². The predicted octanol–water partition coefficient (Wildman–Crippen LogP) is 3.71. The van der Waals surface area contributed by atoms with Crippen molar-refractivity contribution in [3.63, 3.8) is 0 Å². The van der Waals surface area contributed by atoms with E-state index in [2.05, 4.69) is 11.4 Å². The molecule has 0 aromatic carbocycles. The molecule has 0 bridgehead atoms. The molecule has 1 atom stereocenters. The van der Waals surface area contributed by atoms with Gasteiger partial charge in [0.1, 0.15) is 0 Å². The fourth-order valence-corrected chi connectivity index (χ4v) is 3.65. The number of nitrogens with one attached hydrogen (secondary N) is 1. The van der Waals surface area contributed by atoms with Crippen LogP contribution in [0.5, 0.6) is 0 Å². The lowest BCUT2D eigenvalue weighted by Gasteiger charge is -2.23. The van der Waals surface area contributed by atoms with Gasteiger partial charge in [-0.3, -0.25) is 0 Å². The lowest BCUT2D eigenvalue weighted by atomic mass is 10.1. The summed E-state index contributed by atoms with van der Waals surface area (Å²) in [6.07, 6.45) is 8.04. The topological polar surface area (TPSA) is 38.0 Å². The zero-order chi connectivity index (χ0) is 12.1. The van der Waals surface area contributed by atoms with Crippen LogP contribution in [0.4, 0.5) is 0 Å². The molecule has 96 valence electrons. The number of halogens is 1. The molecule has 1 fully saturated rings. The smallest absolute Gasteiger partial charge is 0.0931 e. The van der Waals surface area contributed by atoms with E-state index >= 15 is 0 Å². The van der Waals surface area contributed by atoms with Gasteiger partial charge >= 0.3 is 0 Å². The molecule has 4 heteroatoms. The van der Waals surface area contributed by atoms with Gasteiger partial charge in [0.05, 0.1) is 10.4 Å². The second-order valence-corrected chi connectivity index (χ2v) is 6.53. The second kappa shape index (κ2) is 6.74. The Labute approximate surface area is 113 Å². The summed E-state index contributed by atoms with van der Waals surface area (Å²) in [6, 6.07) is 4.95. The van der Waals surface area contributed by atoms with E-state index in [4.69, 9.17) is 17.3 Å². The highest BCUT2D eigenvalue weighted by Gasteiger charge is 2.18. The fraction of sp³-hybridized carbons (Fsp3) is 0.692. The molecule has 1 unspecified atom stereocenters. The summed E-state index contributed by atoms with van der Waals surface area (Å²) in [7, 11) is 0. The number of hydrogen-bond donors (Lipinski definition) is 2. The lowest BCUT2D eigenvalue weighted by Crippen LogP contribution is -2.36. The Morgan fingerprint density at radius 3 is 2.53 bits per heavy atom. The summed E-state index contributed by atoms with van der Waals surface area (Å²) in [5.41, 5.74) is 5.87. The summed E-state index contributed by atoms with van der Waals surface area (Å²) in [5.74, 6) is 0. The maximum atomic E-state index is 5.98. The highest BCUT2D eigenvalue weighted by Crippen LogP contribution is 2.28. The Morgan fingerprint density at radius 2 is 2.00 bits per heavy atom. The van der Waals surface area contributed by atoms with Crippen LogP contribution in [0.25, 0.3) is 0 Å². The minimum Gasteiger partial charge on any atom is -0.329 e. The molecule has 1 aliphatic rings. The van der Waals surface area contributed by atoms with Crippen LogP contribution in [0, 0.1) is 0 Å². The van der Waals surface area contributed by atoms with Crippen LogP contribution in [0.3, 0.4) is 0 Å². The van der Waals surface area contributed by atoms with Crippen molar-refractivity contribution in [1.82, 2.24) is 5.32 Å². The van der Waals surface area contributed by atoms with E-state index in [-0.39, 0.29) is 6.04 Å². The molecule has 2 rings (SSSR count). The molecule has 0 amide bonds. The normalized spacial score (nSPS) is 20.1. The third-order valence-electron chi connectivity index (χ3n) is 3.47. The van der Waals surface area contributed by atoms with Crippen molar-refractivity contribution in [2.75, 3.05) is 6.54 Å². The zero-order valence-corrected chi connectivity index (χ0v) is 11.7. The average Bonchev–Trinajstić information content (AvgIpc) is 2.62. The van der Waals surface area contributed by atoms with Crippen molar-refractivity contribution in [2.24, 2.45) is 5.73 Å². The Kier molecular flexibility index (Phi) is 5.29.